The topological polar surface area (TPSA) is 65.1 Å². The van der Waals surface area contributed by atoms with Crippen molar-refractivity contribution in [1.29, 1.82) is 0 Å². The monoisotopic (exact) mass is 479 g/mol. The van der Waals surface area contributed by atoms with Crippen LogP contribution in [-0.4, -0.2) is 43.5 Å². The molecular weight excluding hydrogens is 449 g/mol. The summed E-state index contributed by atoms with van der Waals surface area (Å²) in [5.41, 5.74) is 1.56. The molecule has 0 N–H and O–H groups in total. The zero-order valence-electron chi connectivity index (χ0n) is 20.3. The minimum absolute atomic E-state index is 0.0713. The number of hydrogen-bond donors (Lipinski definition) is 0. The Morgan fingerprint density at radius 1 is 1.06 bits per heavy atom. The molecule has 2 aromatic carbocycles. The number of carbonyl (C=O) groups excluding carboxylic acids is 2. The Labute approximate surface area is 204 Å². The minimum atomic E-state index is -0.801. The number of halogens is 1. The van der Waals surface area contributed by atoms with Gasteiger partial charge in [-0.2, -0.15) is 0 Å². The molecule has 2 heterocycles. The molecule has 7 heteroatoms. The molecule has 1 fully saturated rings. The molecular formula is C28H30FNO5. The van der Waals surface area contributed by atoms with Gasteiger partial charge in [-0.25, -0.2) is 4.39 Å². The predicted molar refractivity (Wildman–Crippen MR) is 128 cm³/mol. The number of fused-ring (bicyclic) bond motifs is 1. The first-order valence-electron chi connectivity index (χ1n) is 12.1. The van der Waals surface area contributed by atoms with E-state index in [1.807, 2.05) is 18.2 Å². The number of nitrogens with zero attached hydrogens (tertiary/aromatic N) is 1. The van der Waals surface area contributed by atoms with Crippen LogP contribution in [0.15, 0.2) is 53.8 Å². The third-order valence-corrected chi connectivity index (χ3v) is 7.49. The average Bonchev–Trinajstić information content (AvgIpc) is 3.14. The first kappa shape index (κ1) is 23.4. The van der Waals surface area contributed by atoms with Crippen LogP contribution in [0.4, 0.5) is 4.39 Å². The van der Waals surface area contributed by atoms with Crippen molar-refractivity contribution in [1.82, 2.24) is 4.90 Å². The van der Waals surface area contributed by atoms with Crippen LogP contribution >= 0.6 is 0 Å². The lowest BCUT2D eigenvalue weighted by Crippen LogP contribution is -2.41. The molecule has 1 amide bonds. The highest BCUT2D eigenvalue weighted by Crippen LogP contribution is 2.48. The van der Waals surface area contributed by atoms with Crippen molar-refractivity contribution in [2.45, 2.75) is 44.8 Å². The lowest BCUT2D eigenvalue weighted by molar-refractivity contribution is -0.136. The van der Waals surface area contributed by atoms with Crippen LogP contribution in [0.5, 0.6) is 11.5 Å². The van der Waals surface area contributed by atoms with Gasteiger partial charge in [0.15, 0.2) is 23.0 Å². The highest BCUT2D eigenvalue weighted by atomic mass is 19.1. The summed E-state index contributed by atoms with van der Waals surface area (Å²) in [6.45, 7) is 2.43. The normalized spacial score (nSPS) is 25.8. The van der Waals surface area contributed by atoms with Crippen LogP contribution in [0.2, 0.25) is 0 Å². The Morgan fingerprint density at radius 2 is 1.83 bits per heavy atom. The van der Waals surface area contributed by atoms with Crippen LogP contribution in [-0.2, 0) is 20.7 Å². The second kappa shape index (κ2) is 9.36. The zero-order chi connectivity index (χ0) is 24.7. The molecule has 35 heavy (non-hydrogen) atoms. The molecule has 1 saturated carbocycles. The Hall–Kier alpha value is -3.35. The number of Topliss-reactive ketones (excluding diaryl/α,β-unsaturated/α-hetero) is 1. The van der Waals surface area contributed by atoms with Crippen molar-refractivity contribution in [2.75, 3.05) is 20.8 Å². The quantitative estimate of drug-likeness (QED) is 0.605. The summed E-state index contributed by atoms with van der Waals surface area (Å²) in [6.07, 6.45) is 2.65. The zero-order valence-corrected chi connectivity index (χ0v) is 20.3. The maximum absolute atomic E-state index is 15.0. The van der Waals surface area contributed by atoms with Crippen molar-refractivity contribution in [2.24, 2.45) is 11.8 Å². The van der Waals surface area contributed by atoms with E-state index >= 15 is 4.39 Å². The van der Waals surface area contributed by atoms with E-state index in [9.17, 15) is 9.59 Å². The third-order valence-electron chi connectivity index (χ3n) is 7.49. The molecule has 0 radical (unpaired) electrons. The number of ketones is 1. The van der Waals surface area contributed by atoms with E-state index in [4.69, 9.17) is 14.2 Å². The Morgan fingerprint density at radius 3 is 2.57 bits per heavy atom. The summed E-state index contributed by atoms with van der Waals surface area (Å²) in [7, 11) is 3.14. The van der Waals surface area contributed by atoms with Gasteiger partial charge in [0.25, 0.3) is 5.91 Å². The number of rotatable bonds is 6. The van der Waals surface area contributed by atoms with Crippen LogP contribution in [0.3, 0.4) is 0 Å². The molecule has 0 bridgehead atoms. The number of amides is 1. The lowest BCUT2D eigenvalue weighted by atomic mass is 9.74. The molecule has 0 aromatic heterocycles. The van der Waals surface area contributed by atoms with Gasteiger partial charge in [-0.15, -0.1) is 0 Å². The van der Waals surface area contributed by atoms with Gasteiger partial charge >= 0.3 is 0 Å². The first-order chi connectivity index (χ1) is 16.9. The second-order valence-electron chi connectivity index (χ2n) is 9.65. The van der Waals surface area contributed by atoms with E-state index in [0.717, 1.165) is 24.8 Å². The third kappa shape index (κ3) is 4.07. The smallest absolute Gasteiger partial charge is 0.290 e. The SMILES string of the molecule is COc1ccc(CCN2C(=O)C3=C(C(=O)C4CC(C)CCC4O3)C2c2ccccc2F)cc1OC. The van der Waals surface area contributed by atoms with Gasteiger partial charge in [0.2, 0.25) is 0 Å². The molecule has 0 saturated heterocycles. The lowest BCUT2D eigenvalue weighted by Gasteiger charge is -2.37. The molecule has 6 nitrogen and oxygen atoms in total. The van der Waals surface area contributed by atoms with Crippen molar-refractivity contribution >= 4 is 11.7 Å². The summed E-state index contributed by atoms with van der Waals surface area (Å²) in [5, 5.41) is 0. The van der Waals surface area contributed by atoms with Crippen LogP contribution in [0, 0.1) is 17.7 Å². The summed E-state index contributed by atoms with van der Waals surface area (Å²) in [4.78, 5) is 28.9. The fourth-order valence-electron chi connectivity index (χ4n) is 5.66. The van der Waals surface area contributed by atoms with Crippen LogP contribution < -0.4 is 9.47 Å². The van der Waals surface area contributed by atoms with E-state index in [-0.39, 0.29) is 29.5 Å². The number of ether oxygens (including phenoxy) is 3. The molecule has 4 atom stereocenters. The molecule has 2 aliphatic heterocycles. The largest absolute Gasteiger partial charge is 0.493 e. The standard InChI is InChI=1S/C28H30FNO5/c1-16-8-10-21-19(14-16)26(31)24-25(18-6-4-5-7-20(18)29)30(28(32)27(24)35-21)13-12-17-9-11-22(33-2)23(15-17)34-3/h4-7,9,11,15-16,19,21,25H,8,10,12-14H2,1-3H3. The fourth-order valence-corrected chi connectivity index (χ4v) is 5.66. The van der Waals surface area contributed by atoms with Gasteiger partial charge in [-0.05, 0) is 55.4 Å². The van der Waals surface area contributed by atoms with Gasteiger partial charge < -0.3 is 19.1 Å². The van der Waals surface area contributed by atoms with Gasteiger partial charge in [0, 0.05) is 12.1 Å². The van der Waals surface area contributed by atoms with Crippen molar-refractivity contribution in [3.8, 4) is 11.5 Å². The van der Waals surface area contributed by atoms with E-state index in [1.54, 1.807) is 37.3 Å². The van der Waals surface area contributed by atoms with Gasteiger partial charge in [0.05, 0.1) is 31.8 Å². The highest BCUT2D eigenvalue weighted by Gasteiger charge is 2.52. The fraction of sp³-hybridized carbons (Fsp3) is 0.429. The van der Waals surface area contributed by atoms with Crippen molar-refractivity contribution in [3.05, 3.63) is 70.7 Å². The summed E-state index contributed by atoms with van der Waals surface area (Å²) < 4.78 is 31.9. The average molecular weight is 480 g/mol. The molecule has 184 valence electrons. The molecule has 1 aliphatic carbocycles. The maximum Gasteiger partial charge on any atom is 0.290 e. The maximum atomic E-state index is 15.0. The summed E-state index contributed by atoms with van der Waals surface area (Å²) in [6, 6.07) is 11.1. The number of carbonyl (C=O) groups is 2. The van der Waals surface area contributed by atoms with Crippen molar-refractivity contribution in [3.63, 3.8) is 0 Å². The van der Waals surface area contributed by atoms with Gasteiger partial charge in [-0.1, -0.05) is 31.2 Å². The number of methoxy groups -OCH3 is 2. The molecule has 5 rings (SSSR count). The van der Waals surface area contributed by atoms with E-state index < -0.39 is 11.9 Å². The Kier molecular flexibility index (Phi) is 6.26. The highest BCUT2D eigenvalue weighted by molar-refractivity contribution is 6.11. The Balaban J connectivity index is 1.49. The van der Waals surface area contributed by atoms with E-state index in [2.05, 4.69) is 6.92 Å². The number of benzene rings is 2. The Bertz CT molecular complexity index is 1190. The first-order valence-corrected chi connectivity index (χ1v) is 12.1. The predicted octanol–water partition coefficient (Wildman–Crippen LogP) is 4.63. The van der Waals surface area contributed by atoms with Crippen LogP contribution in [0.1, 0.15) is 43.4 Å². The molecule has 4 unspecified atom stereocenters. The minimum Gasteiger partial charge on any atom is -0.493 e. The van der Waals surface area contributed by atoms with E-state index in [0.29, 0.717) is 41.5 Å². The van der Waals surface area contributed by atoms with Gasteiger partial charge in [0.1, 0.15) is 11.9 Å². The summed E-state index contributed by atoms with van der Waals surface area (Å²) in [5.74, 6) is 0.579. The van der Waals surface area contributed by atoms with Gasteiger partial charge in [-0.3, -0.25) is 9.59 Å². The second-order valence-corrected chi connectivity index (χ2v) is 9.65. The molecule has 2 aromatic rings. The van der Waals surface area contributed by atoms with Crippen LogP contribution in [0.25, 0.3) is 0 Å². The summed E-state index contributed by atoms with van der Waals surface area (Å²) >= 11 is 0. The number of hydrogen-bond acceptors (Lipinski definition) is 5. The molecule has 0 spiro atoms. The van der Waals surface area contributed by atoms with Crippen molar-refractivity contribution < 1.29 is 28.2 Å². The molecule has 3 aliphatic rings. The van der Waals surface area contributed by atoms with E-state index in [1.165, 1.54) is 6.07 Å².